The molecule has 4 aromatic rings. The molecule has 2 heterocycles. The molecule has 0 aliphatic rings. The van der Waals surface area contributed by atoms with Crippen LogP contribution in [-0.2, 0) is 0 Å². The Balaban J connectivity index is 1.74. The summed E-state index contributed by atoms with van der Waals surface area (Å²) in [6.45, 7) is 0. The van der Waals surface area contributed by atoms with Crippen LogP contribution in [-0.4, -0.2) is 9.66 Å². The van der Waals surface area contributed by atoms with Crippen LogP contribution in [0, 0.1) is 0 Å². The molecule has 96 valence electrons. The van der Waals surface area contributed by atoms with Crippen molar-refractivity contribution >= 4 is 37.6 Å². The van der Waals surface area contributed by atoms with Gasteiger partial charge in [-0.3, -0.25) is 0 Å². The van der Waals surface area contributed by atoms with E-state index in [4.69, 9.17) is 0 Å². The van der Waals surface area contributed by atoms with Crippen LogP contribution in [0.15, 0.2) is 71.1 Å². The van der Waals surface area contributed by atoms with E-state index in [-0.39, 0.29) is 0 Å². The van der Waals surface area contributed by atoms with E-state index in [2.05, 4.69) is 21.4 Å². The number of hydrogen-bond donors (Lipinski definition) is 0. The van der Waals surface area contributed by atoms with E-state index in [0.717, 1.165) is 21.1 Å². The molecule has 2 aromatic heterocycles. The summed E-state index contributed by atoms with van der Waals surface area (Å²) in [6.07, 6.45) is 1.90. The standard InChI is InChI=1S/C15H10N4S/c1-3-7-13-11(5-1)9-10-19(13)18-17-15-16-12-6-2-4-8-14(12)20-15/h1-10H. The predicted octanol–water partition coefficient (Wildman–Crippen LogP) is 4.80. The molecule has 0 saturated heterocycles. The number of para-hydroxylation sites is 2. The third-order valence-corrected chi connectivity index (χ3v) is 4.01. The van der Waals surface area contributed by atoms with Gasteiger partial charge in [0.1, 0.15) is 0 Å². The van der Waals surface area contributed by atoms with Crippen LogP contribution in [0.1, 0.15) is 0 Å². The lowest BCUT2D eigenvalue weighted by Crippen LogP contribution is -1.82. The lowest BCUT2D eigenvalue weighted by Gasteiger charge is -1.93. The molecule has 0 aliphatic heterocycles. The fourth-order valence-electron chi connectivity index (χ4n) is 2.14. The van der Waals surface area contributed by atoms with Gasteiger partial charge >= 0.3 is 0 Å². The molecular formula is C15H10N4S. The molecule has 0 aliphatic carbocycles. The number of aromatic nitrogens is 2. The van der Waals surface area contributed by atoms with Gasteiger partial charge in [0.2, 0.25) is 5.13 Å². The van der Waals surface area contributed by atoms with Crippen LogP contribution in [0.5, 0.6) is 0 Å². The number of benzene rings is 2. The first-order chi connectivity index (χ1) is 9.90. The van der Waals surface area contributed by atoms with Crippen molar-refractivity contribution < 1.29 is 0 Å². The van der Waals surface area contributed by atoms with E-state index in [1.54, 1.807) is 4.68 Å². The Hall–Kier alpha value is -2.53. The molecule has 0 bridgehead atoms. The predicted molar refractivity (Wildman–Crippen MR) is 81.5 cm³/mol. The van der Waals surface area contributed by atoms with Crippen molar-refractivity contribution in [3.05, 3.63) is 60.8 Å². The van der Waals surface area contributed by atoms with Gasteiger partial charge in [0, 0.05) is 11.6 Å². The van der Waals surface area contributed by atoms with Crippen molar-refractivity contribution in [1.29, 1.82) is 0 Å². The summed E-state index contributed by atoms with van der Waals surface area (Å²) in [6, 6.07) is 18.1. The second-order valence-corrected chi connectivity index (χ2v) is 5.38. The van der Waals surface area contributed by atoms with E-state index in [1.807, 2.05) is 54.7 Å². The van der Waals surface area contributed by atoms with E-state index in [9.17, 15) is 0 Å². The summed E-state index contributed by atoms with van der Waals surface area (Å²) in [5.74, 6) is 0. The second kappa shape index (κ2) is 4.54. The van der Waals surface area contributed by atoms with Gasteiger partial charge in [-0.25, -0.2) is 9.66 Å². The third-order valence-electron chi connectivity index (χ3n) is 3.09. The van der Waals surface area contributed by atoms with Crippen molar-refractivity contribution in [3.8, 4) is 0 Å². The summed E-state index contributed by atoms with van der Waals surface area (Å²) in [5.41, 5.74) is 2.00. The quantitative estimate of drug-likeness (QED) is 0.486. The molecule has 0 amide bonds. The molecule has 0 atom stereocenters. The number of rotatable bonds is 2. The molecule has 0 unspecified atom stereocenters. The number of thiazole rings is 1. The topological polar surface area (TPSA) is 42.5 Å². The minimum atomic E-state index is 0.670. The van der Waals surface area contributed by atoms with Crippen molar-refractivity contribution in [2.75, 3.05) is 0 Å². The van der Waals surface area contributed by atoms with Crippen LogP contribution < -0.4 is 0 Å². The zero-order chi connectivity index (χ0) is 13.4. The van der Waals surface area contributed by atoms with Crippen LogP contribution >= 0.6 is 11.3 Å². The lowest BCUT2D eigenvalue weighted by atomic mass is 10.3. The SMILES string of the molecule is c1ccc2c(c1)ccn2N=Nc1nc2ccccc2s1. The maximum atomic E-state index is 4.44. The average Bonchev–Trinajstić information content (AvgIpc) is 3.08. The van der Waals surface area contributed by atoms with Crippen LogP contribution in [0.3, 0.4) is 0 Å². The Labute approximate surface area is 119 Å². The molecule has 0 spiro atoms. The number of fused-ring (bicyclic) bond motifs is 2. The first-order valence-corrected chi connectivity index (χ1v) is 7.05. The Morgan fingerprint density at radius 1 is 0.950 bits per heavy atom. The zero-order valence-electron chi connectivity index (χ0n) is 10.5. The molecule has 2 aromatic carbocycles. The largest absolute Gasteiger partial charge is 0.232 e. The van der Waals surface area contributed by atoms with Gasteiger partial charge in [-0.2, -0.15) is 0 Å². The van der Waals surface area contributed by atoms with Crippen molar-refractivity contribution in [3.63, 3.8) is 0 Å². The summed E-state index contributed by atoms with van der Waals surface area (Å²) in [4.78, 5) is 4.44. The highest BCUT2D eigenvalue weighted by atomic mass is 32.1. The average molecular weight is 278 g/mol. The van der Waals surface area contributed by atoms with Gasteiger partial charge in [0.25, 0.3) is 0 Å². The molecule has 20 heavy (non-hydrogen) atoms. The van der Waals surface area contributed by atoms with Gasteiger partial charge in [0.15, 0.2) is 0 Å². The van der Waals surface area contributed by atoms with Gasteiger partial charge in [-0.05, 0) is 24.3 Å². The molecule has 4 nitrogen and oxygen atoms in total. The monoisotopic (exact) mass is 278 g/mol. The maximum Gasteiger partial charge on any atom is 0.232 e. The molecule has 5 heteroatoms. The lowest BCUT2D eigenvalue weighted by molar-refractivity contribution is 0.839. The summed E-state index contributed by atoms with van der Waals surface area (Å²) in [7, 11) is 0. The molecule has 0 saturated carbocycles. The van der Waals surface area contributed by atoms with E-state index in [0.29, 0.717) is 5.13 Å². The van der Waals surface area contributed by atoms with E-state index < -0.39 is 0 Å². The van der Waals surface area contributed by atoms with Gasteiger partial charge in [-0.1, -0.05) is 46.9 Å². The highest BCUT2D eigenvalue weighted by Crippen LogP contribution is 2.28. The molecule has 0 N–H and O–H groups in total. The van der Waals surface area contributed by atoms with E-state index in [1.165, 1.54) is 11.3 Å². The van der Waals surface area contributed by atoms with Crippen molar-refractivity contribution in [2.24, 2.45) is 10.3 Å². The zero-order valence-corrected chi connectivity index (χ0v) is 11.3. The second-order valence-electron chi connectivity index (χ2n) is 4.37. The molecule has 0 radical (unpaired) electrons. The summed E-state index contributed by atoms with van der Waals surface area (Å²) in [5, 5.41) is 10.3. The molecular weight excluding hydrogens is 268 g/mol. The smallest absolute Gasteiger partial charge is 0.222 e. The normalized spacial score (nSPS) is 11.8. The fourth-order valence-corrected chi connectivity index (χ4v) is 2.92. The number of nitrogens with zero attached hydrogens (tertiary/aromatic N) is 4. The Kier molecular flexibility index (Phi) is 2.57. The van der Waals surface area contributed by atoms with Gasteiger partial charge in [-0.15, -0.1) is 5.11 Å². The third kappa shape index (κ3) is 1.88. The Morgan fingerprint density at radius 3 is 2.75 bits per heavy atom. The first kappa shape index (κ1) is 11.3. The van der Waals surface area contributed by atoms with Gasteiger partial charge in [0.05, 0.1) is 15.7 Å². The molecule has 4 rings (SSSR count). The molecule has 0 fully saturated rings. The first-order valence-electron chi connectivity index (χ1n) is 6.24. The van der Waals surface area contributed by atoms with Crippen LogP contribution in [0.4, 0.5) is 5.13 Å². The van der Waals surface area contributed by atoms with Crippen LogP contribution in [0.25, 0.3) is 21.1 Å². The van der Waals surface area contributed by atoms with E-state index >= 15 is 0 Å². The Bertz CT molecular complexity index is 887. The maximum absolute atomic E-state index is 4.44. The number of hydrogen-bond acceptors (Lipinski definition) is 4. The van der Waals surface area contributed by atoms with Crippen molar-refractivity contribution in [1.82, 2.24) is 9.66 Å². The minimum Gasteiger partial charge on any atom is -0.222 e. The summed E-state index contributed by atoms with van der Waals surface area (Å²) >= 11 is 1.54. The Morgan fingerprint density at radius 2 is 1.80 bits per heavy atom. The van der Waals surface area contributed by atoms with Crippen LogP contribution in [0.2, 0.25) is 0 Å². The van der Waals surface area contributed by atoms with Gasteiger partial charge < -0.3 is 0 Å². The minimum absolute atomic E-state index is 0.670. The van der Waals surface area contributed by atoms with Crippen molar-refractivity contribution in [2.45, 2.75) is 0 Å². The summed E-state index contributed by atoms with van der Waals surface area (Å²) < 4.78 is 2.89. The highest BCUT2D eigenvalue weighted by molar-refractivity contribution is 7.21. The fraction of sp³-hybridized carbons (Fsp3) is 0. The highest BCUT2D eigenvalue weighted by Gasteiger charge is 2.02.